The Morgan fingerprint density at radius 1 is 1.19 bits per heavy atom. The van der Waals surface area contributed by atoms with Gasteiger partial charge in [0.1, 0.15) is 5.69 Å². The summed E-state index contributed by atoms with van der Waals surface area (Å²) >= 11 is 0. The van der Waals surface area contributed by atoms with Crippen LogP contribution in [0.2, 0.25) is 0 Å². The van der Waals surface area contributed by atoms with Gasteiger partial charge in [-0.1, -0.05) is 12.1 Å². The summed E-state index contributed by atoms with van der Waals surface area (Å²) in [4.78, 5) is 43.2. The van der Waals surface area contributed by atoms with E-state index in [1.165, 1.54) is 0 Å². The number of hydrogen-bond donors (Lipinski definition) is 3. The van der Waals surface area contributed by atoms with Gasteiger partial charge in [-0.3, -0.25) is 14.4 Å². The van der Waals surface area contributed by atoms with E-state index in [-0.39, 0.29) is 36.1 Å². The van der Waals surface area contributed by atoms with Crippen LogP contribution in [0.5, 0.6) is 0 Å². The molecule has 1 aliphatic heterocycles. The summed E-state index contributed by atoms with van der Waals surface area (Å²) in [6.07, 6.45) is 0.381. The van der Waals surface area contributed by atoms with Crippen molar-refractivity contribution < 1.29 is 9.59 Å². The van der Waals surface area contributed by atoms with Gasteiger partial charge in [-0.25, -0.2) is 4.98 Å². The molecule has 0 bridgehead atoms. The first kappa shape index (κ1) is 17.0. The van der Waals surface area contributed by atoms with Crippen LogP contribution in [0.25, 0.3) is 11.0 Å². The standard InChI is InChI=1S/C20H18N4O3/c1-11-13-10-12(6-7-14(13)23-19(11)26)21-18(25)9-8-17-20(27)24-16-5-3-2-4-15(16)22-17/h2-7,10-11H,8-9H2,1H3,(H,21,25)(H,23,26)(H,24,27). The molecule has 7 heteroatoms. The average Bonchev–Trinajstić information content (AvgIpc) is 2.94. The van der Waals surface area contributed by atoms with E-state index in [2.05, 4.69) is 20.6 Å². The third-order valence-corrected chi connectivity index (χ3v) is 4.71. The molecule has 27 heavy (non-hydrogen) atoms. The predicted molar refractivity (Wildman–Crippen MR) is 103 cm³/mol. The summed E-state index contributed by atoms with van der Waals surface area (Å²) in [5, 5.41) is 5.61. The van der Waals surface area contributed by atoms with Crippen molar-refractivity contribution in [2.45, 2.75) is 25.7 Å². The molecule has 7 nitrogen and oxygen atoms in total. The van der Waals surface area contributed by atoms with Crippen LogP contribution in [-0.4, -0.2) is 21.8 Å². The molecule has 0 aliphatic carbocycles. The minimum absolute atomic E-state index is 0.0462. The lowest BCUT2D eigenvalue weighted by Crippen LogP contribution is -2.19. The molecule has 3 aromatic rings. The number of para-hydroxylation sites is 2. The van der Waals surface area contributed by atoms with E-state index in [9.17, 15) is 14.4 Å². The Hall–Kier alpha value is -3.48. The molecule has 0 saturated heterocycles. The SMILES string of the molecule is CC1C(=O)Nc2ccc(NC(=O)CCc3nc4ccccc4[nH]c3=O)cc21. The number of H-pyrrole nitrogens is 1. The summed E-state index contributed by atoms with van der Waals surface area (Å²) in [5.41, 5.74) is 3.69. The van der Waals surface area contributed by atoms with Crippen molar-refractivity contribution in [3.63, 3.8) is 0 Å². The van der Waals surface area contributed by atoms with Crippen LogP contribution in [0, 0.1) is 0 Å². The smallest absolute Gasteiger partial charge is 0.270 e. The summed E-state index contributed by atoms with van der Waals surface area (Å²) in [5.74, 6) is -0.499. The number of hydrogen-bond acceptors (Lipinski definition) is 4. The molecule has 2 amide bonds. The maximum absolute atomic E-state index is 12.3. The van der Waals surface area contributed by atoms with Gasteiger partial charge in [0.2, 0.25) is 11.8 Å². The molecule has 0 spiro atoms. The fourth-order valence-electron chi connectivity index (χ4n) is 3.19. The largest absolute Gasteiger partial charge is 0.326 e. The fourth-order valence-corrected chi connectivity index (χ4v) is 3.19. The van der Waals surface area contributed by atoms with Gasteiger partial charge in [0.25, 0.3) is 5.56 Å². The van der Waals surface area contributed by atoms with Crippen molar-refractivity contribution in [2.24, 2.45) is 0 Å². The maximum atomic E-state index is 12.3. The first-order valence-corrected chi connectivity index (χ1v) is 8.74. The zero-order valence-corrected chi connectivity index (χ0v) is 14.7. The second kappa shape index (κ2) is 6.68. The lowest BCUT2D eigenvalue weighted by molar-refractivity contribution is -0.117. The summed E-state index contributed by atoms with van der Waals surface area (Å²) < 4.78 is 0. The molecule has 1 aromatic heterocycles. The van der Waals surface area contributed by atoms with Crippen LogP contribution in [0.4, 0.5) is 11.4 Å². The Morgan fingerprint density at radius 3 is 2.85 bits per heavy atom. The third-order valence-electron chi connectivity index (χ3n) is 4.71. The highest BCUT2D eigenvalue weighted by Gasteiger charge is 2.26. The van der Waals surface area contributed by atoms with Crippen LogP contribution in [-0.2, 0) is 16.0 Å². The molecule has 1 aliphatic rings. The van der Waals surface area contributed by atoms with Gasteiger partial charge in [-0.05, 0) is 42.8 Å². The minimum atomic E-state index is -0.280. The van der Waals surface area contributed by atoms with Crippen LogP contribution in [0.15, 0.2) is 47.3 Å². The molecule has 136 valence electrons. The molecule has 2 aromatic carbocycles. The van der Waals surface area contributed by atoms with Gasteiger partial charge < -0.3 is 15.6 Å². The van der Waals surface area contributed by atoms with Crippen molar-refractivity contribution in [3.05, 3.63) is 64.1 Å². The molecule has 0 radical (unpaired) electrons. The average molecular weight is 362 g/mol. The predicted octanol–water partition coefficient (Wildman–Crippen LogP) is 2.55. The highest BCUT2D eigenvalue weighted by Crippen LogP contribution is 2.34. The summed E-state index contributed by atoms with van der Waals surface area (Å²) in [6, 6.07) is 12.6. The highest BCUT2D eigenvalue weighted by atomic mass is 16.2. The zero-order valence-electron chi connectivity index (χ0n) is 14.7. The fraction of sp³-hybridized carbons (Fsp3) is 0.200. The van der Waals surface area contributed by atoms with Crippen molar-refractivity contribution in [1.82, 2.24) is 9.97 Å². The minimum Gasteiger partial charge on any atom is -0.326 e. The van der Waals surface area contributed by atoms with Crippen LogP contribution < -0.4 is 16.2 Å². The van der Waals surface area contributed by atoms with E-state index in [0.29, 0.717) is 22.4 Å². The summed E-state index contributed by atoms with van der Waals surface area (Å²) in [7, 11) is 0. The van der Waals surface area contributed by atoms with Gasteiger partial charge in [-0.2, -0.15) is 0 Å². The third kappa shape index (κ3) is 3.31. The number of fused-ring (bicyclic) bond motifs is 2. The highest BCUT2D eigenvalue weighted by molar-refractivity contribution is 6.03. The van der Waals surface area contributed by atoms with Gasteiger partial charge in [0.05, 0.1) is 17.0 Å². The molecule has 1 unspecified atom stereocenters. The Kier molecular flexibility index (Phi) is 4.19. The van der Waals surface area contributed by atoms with Gasteiger partial charge in [0, 0.05) is 24.2 Å². The van der Waals surface area contributed by atoms with Gasteiger partial charge in [-0.15, -0.1) is 0 Å². The molecule has 3 N–H and O–H groups in total. The van der Waals surface area contributed by atoms with E-state index < -0.39 is 0 Å². The number of aryl methyl sites for hydroxylation is 1. The number of anilines is 2. The van der Waals surface area contributed by atoms with Crippen molar-refractivity contribution in [3.8, 4) is 0 Å². The van der Waals surface area contributed by atoms with Crippen molar-refractivity contribution in [2.75, 3.05) is 10.6 Å². The molecule has 1 atom stereocenters. The Balaban J connectivity index is 1.44. The molecule has 0 saturated carbocycles. The Labute approximate surface area is 154 Å². The van der Waals surface area contributed by atoms with E-state index >= 15 is 0 Å². The van der Waals surface area contributed by atoms with Gasteiger partial charge >= 0.3 is 0 Å². The number of nitrogens with zero attached hydrogens (tertiary/aromatic N) is 1. The van der Waals surface area contributed by atoms with E-state index in [1.54, 1.807) is 24.3 Å². The number of carbonyl (C=O) groups excluding carboxylic acids is 2. The lowest BCUT2D eigenvalue weighted by Gasteiger charge is -2.08. The van der Waals surface area contributed by atoms with Gasteiger partial charge in [0.15, 0.2) is 0 Å². The summed E-state index contributed by atoms with van der Waals surface area (Å²) in [6.45, 7) is 1.82. The normalized spacial score (nSPS) is 15.4. The number of nitrogens with one attached hydrogen (secondary N) is 3. The molecule has 0 fully saturated rings. The van der Waals surface area contributed by atoms with Crippen LogP contribution >= 0.6 is 0 Å². The number of aromatic amines is 1. The second-order valence-corrected chi connectivity index (χ2v) is 6.59. The first-order chi connectivity index (χ1) is 13.0. The molecular formula is C20H18N4O3. The van der Waals surface area contributed by atoms with E-state index in [4.69, 9.17) is 0 Å². The number of benzene rings is 2. The second-order valence-electron chi connectivity index (χ2n) is 6.59. The zero-order chi connectivity index (χ0) is 19.0. The Bertz CT molecular complexity index is 1120. The van der Waals surface area contributed by atoms with E-state index in [0.717, 1.165) is 11.3 Å². The topological polar surface area (TPSA) is 104 Å². The number of amides is 2. The maximum Gasteiger partial charge on any atom is 0.270 e. The number of aromatic nitrogens is 2. The first-order valence-electron chi connectivity index (χ1n) is 8.74. The molecular weight excluding hydrogens is 344 g/mol. The van der Waals surface area contributed by atoms with E-state index in [1.807, 2.05) is 25.1 Å². The quantitative estimate of drug-likeness (QED) is 0.663. The van der Waals surface area contributed by atoms with Crippen molar-refractivity contribution in [1.29, 1.82) is 0 Å². The molecule has 2 heterocycles. The lowest BCUT2D eigenvalue weighted by atomic mass is 10.0. The van der Waals surface area contributed by atoms with Crippen molar-refractivity contribution >= 4 is 34.2 Å². The number of rotatable bonds is 4. The monoisotopic (exact) mass is 362 g/mol. The number of carbonyl (C=O) groups is 2. The van der Waals surface area contributed by atoms with Crippen LogP contribution in [0.3, 0.4) is 0 Å². The van der Waals surface area contributed by atoms with Crippen LogP contribution in [0.1, 0.15) is 30.5 Å². The molecule has 4 rings (SSSR count). The Morgan fingerprint density at radius 2 is 2.00 bits per heavy atom.